The van der Waals surface area contributed by atoms with E-state index in [2.05, 4.69) is 45.8 Å². The molecule has 4 rings (SSSR count). The number of benzene rings is 2. The molecule has 11 heteroatoms. The standard InChI is InChI=1S/C28H31Cl2N5O3S/c1-28(2,20-13-18(15-31)26(23(30)14-20)37-12-10-29)19-5-7-21(8-6-19)38-17-25-22-9-11-32-16-24(22)33-27(34-25)35-39(3,4)36/h5-8,13-14,32H,3,9-12,16-17H2,1-2,4H3,(H,33,34,35,36). The van der Waals surface area contributed by atoms with Gasteiger partial charge < -0.3 is 14.8 Å². The third kappa shape index (κ3) is 6.95. The summed E-state index contributed by atoms with van der Waals surface area (Å²) in [5.74, 6) is 5.25. The van der Waals surface area contributed by atoms with Crippen molar-refractivity contribution in [2.45, 2.75) is 38.8 Å². The van der Waals surface area contributed by atoms with Gasteiger partial charge in [0, 0.05) is 33.5 Å². The van der Waals surface area contributed by atoms with Crippen LogP contribution in [0.5, 0.6) is 11.5 Å². The smallest absolute Gasteiger partial charge is 0.234 e. The van der Waals surface area contributed by atoms with Gasteiger partial charge in [-0.15, -0.1) is 11.6 Å². The maximum absolute atomic E-state index is 12.2. The molecule has 0 amide bonds. The fourth-order valence-corrected chi connectivity index (χ4v) is 5.23. The van der Waals surface area contributed by atoms with E-state index in [1.54, 1.807) is 6.07 Å². The van der Waals surface area contributed by atoms with Crippen molar-refractivity contribution in [2.75, 3.05) is 30.0 Å². The van der Waals surface area contributed by atoms with E-state index in [0.29, 0.717) is 34.5 Å². The largest absolute Gasteiger partial charge is 0.489 e. The molecule has 2 N–H and O–H groups in total. The van der Waals surface area contributed by atoms with Gasteiger partial charge in [-0.25, -0.2) is 14.2 Å². The Morgan fingerprint density at radius 3 is 2.62 bits per heavy atom. The van der Waals surface area contributed by atoms with E-state index >= 15 is 0 Å². The first-order valence-electron chi connectivity index (χ1n) is 12.4. The Morgan fingerprint density at radius 1 is 1.21 bits per heavy atom. The highest BCUT2D eigenvalue weighted by Crippen LogP contribution is 2.38. The average molecular weight is 589 g/mol. The molecule has 2 heterocycles. The van der Waals surface area contributed by atoms with E-state index in [0.717, 1.165) is 41.0 Å². The van der Waals surface area contributed by atoms with Crippen LogP contribution in [0.15, 0.2) is 36.4 Å². The van der Waals surface area contributed by atoms with E-state index in [1.807, 2.05) is 30.3 Å². The molecule has 0 fully saturated rings. The van der Waals surface area contributed by atoms with Crippen LogP contribution in [0.25, 0.3) is 0 Å². The summed E-state index contributed by atoms with van der Waals surface area (Å²) in [5.41, 5.74) is 4.50. The molecule has 8 nitrogen and oxygen atoms in total. The normalized spacial score (nSPS) is 14.6. The monoisotopic (exact) mass is 587 g/mol. The Morgan fingerprint density at radius 2 is 1.95 bits per heavy atom. The molecule has 1 aliphatic rings. The Balaban J connectivity index is 1.54. The van der Waals surface area contributed by atoms with Gasteiger partial charge in [0.1, 0.15) is 25.0 Å². The number of nitrogens with zero attached hydrogens (tertiary/aromatic N) is 3. The van der Waals surface area contributed by atoms with Crippen molar-refractivity contribution in [3.05, 3.63) is 75.1 Å². The fourth-order valence-electron chi connectivity index (χ4n) is 4.41. The highest BCUT2D eigenvalue weighted by molar-refractivity contribution is 8.00. The molecule has 0 aliphatic carbocycles. The lowest BCUT2D eigenvalue weighted by atomic mass is 9.77. The second kappa shape index (κ2) is 12.0. The average Bonchev–Trinajstić information content (AvgIpc) is 2.90. The third-order valence-corrected chi connectivity index (χ3v) is 7.54. The lowest BCUT2D eigenvalue weighted by Crippen LogP contribution is -2.28. The number of aromatic nitrogens is 2. The number of nitriles is 1. The van der Waals surface area contributed by atoms with E-state index < -0.39 is 15.1 Å². The summed E-state index contributed by atoms with van der Waals surface area (Å²) in [4.78, 5) is 9.10. The summed E-state index contributed by atoms with van der Waals surface area (Å²) in [6, 6.07) is 13.6. The molecule has 2 aromatic carbocycles. The summed E-state index contributed by atoms with van der Waals surface area (Å²) in [6.45, 7) is 6.09. The van der Waals surface area contributed by atoms with E-state index in [4.69, 9.17) is 32.7 Å². The maximum Gasteiger partial charge on any atom is 0.234 e. The van der Waals surface area contributed by atoms with Gasteiger partial charge in [0.2, 0.25) is 5.95 Å². The van der Waals surface area contributed by atoms with Gasteiger partial charge in [-0.1, -0.05) is 37.6 Å². The van der Waals surface area contributed by atoms with Crippen LogP contribution in [0.1, 0.15) is 47.5 Å². The second-order valence-electron chi connectivity index (χ2n) is 9.88. The maximum atomic E-state index is 12.2. The van der Waals surface area contributed by atoms with Crippen molar-refractivity contribution in [2.24, 2.45) is 0 Å². The Labute approximate surface area is 239 Å². The van der Waals surface area contributed by atoms with Crippen LogP contribution in [0.3, 0.4) is 0 Å². The number of hydrogen-bond acceptors (Lipinski definition) is 7. The van der Waals surface area contributed by atoms with Crippen LogP contribution in [0.2, 0.25) is 5.02 Å². The fraction of sp³-hybridized carbons (Fsp3) is 0.357. The number of hydrogen-bond donors (Lipinski definition) is 2. The van der Waals surface area contributed by atoms with Gasteiger partial charge in [-0.2, -0.15) is 5.26 Å². The number of halogens is 2. The quantitative estimate of drug-likeness (QED) is 0.258. The Hall–Kier alpha value is -3.03. The van der Waals surface area contributed by atoms with Gasteiger partial charge in [-0.05, 0) is 54.2 Å². The van der Waals surface area contributed by atoms with Crippen LogP contribution in [-0.2, 0) is 34.7 Å². The number of anilines is 1. The number of rotatable bonds is 10. The molecule has 0 saturated carbocycles. The predicted octanol–water partition coefficient (Wildman–Crippen LogP) is 4.84. The summed E-state index contributed by atoms with van der Waals surface area (Å²) in [6.07, 6.45) is 2.29. The van der Waals surface area contributed by atoms with Gasteiger partial charge in [0.05, 0.1) is 27.9 Å². The zero-order valence-electron chi connectivity index (χ0n) is 22.1. The van der Waals surface area contributed by atoms with Gasteiger partial charge in [0.25, 0.3) is 0 Å². The number of nitrogens with one attached hydrogen (secondary N) is 2. The minimum absolute atomic E-state index is 0.245. The van der Waals surface area contributed by atoms with Crippen LogP contribution in [-0.4, -0.2) is 45.3 Å². The van der Waals surface area contributed by atoms with Gasteiger partial charge in [-0.3, -0.25) is 4.72 Å². The SMILES string of the molecule is C=S(C)(=O)Nc1nc2c(c(COc3ccc(C(C)(C)c4cc(Cl)c(OCCCl)c(C#N)c4)cc3)n1)CCNC2. The molecule has 0 saturated heterocycles. The Kier molecular flexibility index (Phi) is 8.92. The van der Waals surface area contributed by atoms with Crippen molar-refractivity contribution in [1.82, 2.24) is 15.3 Å². The van der Waals surface area contributed by atoms with Crippen LogP contribution in [0.4, 0.5) is 5.95 Å². The molecule has 1 atom stereocenters. The molecular weight excluding hydrogens is 557 g/mol. The van der Waals surface area contributed by atoms with Crippen molar-refractivity contribution in [3.8, 4) is 17.6 Å². The van der Waals surface area contributed by atoms with Crippen molar-refractivity contribution in [1.29, 1.82) is 5.26 Å². The molecule has 0 spiro atoms. The van der Waals surface area contributed by atoms with E-state index in [9.17, 15) is 9.47 Å². The second-order valence-corrected chi connectivity index (χ2v) is 12.9. The highest BCUT2D eigenvalue weighted by atomic mass is 35.5. The molecule has 1 aliphatic heterocycles. The topological polar surface area (TPSA) is 109 Å². The molecule has 1 unspecified atom stereocenters. The zero-order valence-corrected chi connectivity index (χ0v) is 24.5. The molecule has 3 aromatic rings. The molecule has 1 aromatic heterocycles. The summed E-state index contributed by atoms with van der Waals surface area (Å²) < 4.78 is 26.7. The molecule has 0 bridgehead atoms. The number of fused-ring (bicyclic) bond motifs is 1. The third-order valence-electron chi connectivity index (χ3n) is 6.49. The Bertz CT molecular complexity index is 1500. The van der Waals surface area contributed by atoms with Crippen molar-refractivity contribution < 1.29 is 13.7 Å². The molecular formula is C28H31Cl2N5O3S. The lowest BCUT2D eigenvalue weighted by molar-refractivity contribution is 0.299. The first kappa shape index (κ1) is 29.0. The summed E-state index contributed by atoms with van der Waals surface area (Å²) in [5, 5.41) is 13.3. The zero-order chi connectivity index (χ0) is 28.2. The number of alkyl halides is 1. The molecule has 39 heavy (non-hydrogen) atoms. The first-order chi connectivity index (χ1) is 18.5. The van der Waals surface area contributed by atoms with E-state index in [-0.39, 0.29) is 19.2 Å². The van der Waals surface area contributed by atoms with Crippen molar-refractivity contribution in [3.63, 3.8) is 0 Å². The molecule has 0 radical (unpaired) electrons. The molecule has 206 valence electrons. The predicted molar refractivity (Wildman–Crippen MR) is 158 cm³/mol. The summed E-state index contributed by atoms with van der Waals surface area (Å²) >= 11 is 12.2. The minimum atomic E-state index is -2.52. The summed E-state index contributed by atoms with van der Waals surface area (Å²) in [7, 11) is -2.52. The van der Waals surface area contributed by atoms with Crippen LogP contribution < -0.4 is 19.5 Å². The van der Waals surface area contributed by atoms with Gasteiger partial charge >= 0.3 is 0 Å². The number of ether oxygens (including phenoxy) is 2. The van der Waals surface area contributed by atoms with Crippen LogP contribution >= 0.6 is 23.2 Å². The first-order valence-corrected chi connectivity index (χ1v) is 15.4. The van der Waals surface area contributed by atoms with Crippen molar-refractivity contribution >= 4 is 44.7 Å². The minimum Gasteiger partial charge on any atom is -0.489 e. The highest BCUT2D eigenvalue weighted by Gasteiger charge is 2.26. The van der Waals surface area contributed by atoms with Crippen LogP contribution in [0, 0.1) is 11.3 Å². The van der Waals surface area contributed by atoms with E-state index in [1.165, 1.54) is 6.26 Å². The van der Waals surface area contributed by atoms with Gasteiger partial charge in [0.15, 0.2) is 5.75 Å². The lowest BCUT2D eigenvalue weighted by Gasteiger charge is -2.27.